The van der Waals surface area contributed by atoms with Crippen molar-refractivity contribution in [3.05, 3.63) is 71.6 Å². The van der Waals surface area contributed by atoms with Crippen LogP contribution < -0.4 is 0 Å². The molecule has 2 aromatic carbocycles. The van der Waals surface area contributed by atoms with Gasteiger partial charge in [0.25, 0.3) is 0 Å². The number of hydrogen-bond donors (Lipinski definition) is 0. The quantitative estimate of drug-likeness (QED) is 0.498. The van der Waals surface area contributed by atoms with Crippen molar-refractivity contribution >= 4 is 11.8 Å². The first-order valence-electron chi connectivity index (χ1n) is 5.87. The Morgan fingerprint density at radius 3 is 2.39 bits per heavy atom. The first-order chi connectivity index (χ1) is 8.31. The molecular weight excluding hydrogens is 408 g/mol. The Morgan fingerprint density at radius 1 is 1.00 bits per heavy atom. The molecule has 0 saturated heterocycles. The molecule has 0 aliphatic heterocycles. The van der Waals surface area contributed by atoms with Crippen molar-refractivity contribution in [1.29, 1.82) is 0 Å². The summed E-state index contributed by atoms with van der Waals surface area (Å²) in [5, 5.41) is 0. The molecule has 2 rings (SSSR count). The van der Waals surface area contributed by atoms with E-state index < -0.39 is 0 Å². The average molecular weight is 425 g/mol. The summed E-state index contributed by atoms with van der Waals surface area (Å²) in [4.78, 5) is 1.36. The van der Waals surface area contributed by atoms with Crippen LogP contribution in [0.1, 0.15) is 23.6 Å². The summed E-state index contributed by atoms with van der Waals surface area (Å²) in [6.07, 6.45) is 2.17. The van der Waals surface area contributed by atoms with Crippen molar-refractivity contribution in [3.8, 4) is 0 Å². The van der Waals surface area contributed by atoms with Gasteiger partial charge in [0.05, 0.1) is 0 Å². The maximum atomic E-state index is 2.21. The van der Waals surface area contributed by atoms with Crippen molar-refractivity contribution in [2.75, 3.05) is 0 Å². The van der Waals surface area contributed by atoms with Crippen molar-refractivity contribution in [2.24, 2.45) is 0 Å². The summed E-state index contributed by atoms with van der Waals surface area (Å²) in [5.41, 5.74) is 4.12. The van der Waals surface area contributed by atoms with Gasteiger partial charge in [-0.05, 0) is 18.1 Å². The third-order valence-electron chi connectivity index (χ3n) is 2.87. The van der Waals surface area contributed by atoms with Crippen LogP contribution in [0.2, 0.25) is 0 Å². The largest absolute Gasteiger partial charge is 2.00 e. The Morgan fingerprint density at radius 2 is 1.67 bits per heavy atom. The molecule has 0 saturated carbocycles. The van der Waals surface area contributed by atoms with Gasteiger partial charge < -0.3 is 0 Å². The molecule has 18 heavy (non-hydrogen) atoms. The van der Waals surface area contributed by atoms with Crippen LogP contribution in [-0.4, -0.2) is 0 Å². The second-order valence-electron chi connectivity index (χ2n) is 4.04. The number of benzene rings is 2. The molecule has 0 amide bonds. The first-order valence-corrected chi connectivity index (χ1v) is 6.85. The Bertz CT molecular complexity index is 494. The summed E-state index contributed by atoms with van der Waals surface area (Å²) in [7, 11) is 0. The molecule has 0 fully saturated rings. The summed E-state index contributed by atoms with van der Waals surface area (Å²) in [6.45, 7) is 4.26. The van der Waals surface area contributed by atoms with Gasteiger partial charge in [-0.25, -0.2) is 0 Å². The zero-order valence-electron chi connectivity index (χ0n) is 10.7. The zero-order chi connectivity index (χ0) is 12.1. The number of thioether (sulfide) groups is 1. The molecule has 0 nitrogen and oxygen atoms in total. The SMILES string of the molecule is C[CH-]c1ccccc1SCc1ccccc1C.[W+2]. The van der Waals surface area contributed by atoms with Gasteiger partial charge in [-0.2, -0.15) is 29.8 Å². The molecule has 0 aliphatic rings. The third-order valence-corrected chi connectivity index (χ3v) is 4.01. The Kier molecular flexibility index (Phi) is 6.60. The van der Waals surface area contributed by atoms with E-state index in [0.717, 1.165) is 5.75 Å². The summed E-state index contributed by atoms with van der Waals surface area (Å²) in [6, 6.07) is 17.1. The molecule has 0 unspecified atom stereocenters. The van der Waals surface area contributed by atoms with E-state index in [2.05, 4.69) is 68.8 Å². The zero-order valence-corrected chi connectivity index (χ0v) is 14.5. The standard InChI is InChI=1S/C16H17S.W/c1-3-14-9-6-7-11-16(14)17-12-15-10-5-4-8-13(15)2;/h3-11H,12H2,1-2H3;/q-1;+2. The van der Waals surface area contributed by atoms with Gasteiger partial charge in [-0.15, -0.1) is 12.1 Å². The minimum absolute atomic E-state index is 0. The monoisotopic (exact) mass is 425 g/mol. The molecule has 0 spiro atoms. The van der Waals surface area contributed by atoms with Crippen LogP contribution in [0, 0.1) is 13.3 Å². The molecule has 92 valence electrons. The van der Waals surface area contributed by atoms with Crippen molar-refractivity contribution < 1.29 is 21.1 Å². The molecule has 0 heterocycles. The summed E-state index contributed by atoms with van der Waals surface area (Å²) in [5.74, 6) is 1.04. The van der Waals surface area contributed by atoms with E-state index in [0.29, 0.717) is 0 Å². The minimum atomic E-state index is 0. The van der Waals surface area contributed by atoms with Crippen LogP contribution in [-0.2, 0) is 26.8 Å². The molecule has 0 aliphatic carbocycles. The van der Waals surface area contributed by atoms with Crippen molar-refractivity contribution in [3.63, 3.8) is 0 Å². The first kappa shape index (κ1) is 15.4. The minimum Gasteiger partial charge on any atom is -0.190 e. The topological polar surface area (TPSA) is 0 Å². The third kappa shape index (κ3) is 3.93. The molecular formula is C16H17SW+. The Balaban J connectivity index is 0.00000162. The van der Waals surface area contributed by atoms with Crippen LogP contribution in [0.3, 0.4) is 0 Å². The fourth-order valence-corrected chi connectivity index (χ4v) is 2.94. The number of rotatable bonds is 4. The van der Waals surface area contributed by atoms with Crippen LogP contribution in [0.25, 0.3) is 0 Å². The van der Waals surface area contributed by atoms with Gasteiger partial charge in [0, 0.05) is 5.75 Å². The normalized spacial score (nSPS) is 9.67. The van der Waals surface area contributed by atoms with E-state index in [1.807, 2.05) is 11.8 Å². The van der Waals surface area contributed by atoms with E-state index in [4.69, 9.17) is 0 Å². The number of aryl methyl sites for hydroxylation is 1. The number of hydrogen-bond acceptors (Lipinski definition) is 1. The van der Waals surface area contributed by atoms with E-state index in [1.54, 1.807) is 0 Å². The predicted octanol–water partition coefficient (Wildman–Crippen LogP) is 4.86. The molecule has 0 aromatic heterocycles. The van der Waals surface area contributed by atoms with Gasteiger partial charge in [0.2, 0.25) is 0 Å². The van der Waals surface area contributed by atoms with Gasteiger partial charge >= 0.3 is 21.1 Å². The average Bonchev–Trinajstić information content (AvgIpc) is 2.38. The maximum absolute atomic E-state index is 2.21. The van der Waals surface area contributed by atoms with Crippen molar-refractivity contribution in [1.82, 2.24) is 0 Å². The van der Waals surface area contributed by atoms with Gasteiger partial charge in [-0.1, -0.05) is 42.2 Å². The van der Waals surface area contributed by atoms with Crippen LogP contribution in [0.4, 0.5) is 0 Å². The Labute approximate surface area is 128 Å². The second kappa shape index (κ2) is 7.71. The molecule has 2 heteroatoms. The van der Waals surface area contributed by atoms with Crippen LogP contribution >= 0.6 is 11.8 Å². The summed E-state index contributed by atoms with van der Waals surface area (Å²) < 4.78 is 0. The Hall–Kier alpha value is -0.652. The van der Waals surface area contributed by atoms with Crippen LogP contribution in [0.5, 0.6) is 0 Å². The molecule has 0 radical (unpaired) electrons. The van der Waals surface area contributed by atoms with Gasteiger partial charge in [0.15, 0.2) is 0 Å². The van der Waals surface area contributed by atoms with E-state index in [-0.39, 0.29) is 21.1 Å². The summed E-state index contributed by atoms with van der Waals surface area (Å²) >= 11 is 1.91. The van der Waals surface area contributed by atoms with E-state index >= 15 is 0 Å². The predicted molar refractivity (Wildman–Crippen MR) is 76.3 cm³/mol. The smallest absolute Gasteiger partial charge is 0.190 e. The fraction of sp³-hybridized carbons (Fsp3) is 0.188. The fourth-order valence-electron chi connectivity index (χ4n) is 1.78. The van der Waals surface area contributed by atoms with E-state index in [1.165, 1.54) is 21.6 Å². The molecule has 0 N–H and O–H groups in total. The van der Waals surface area contributed by atoms with Crippen molar-refractivity contribution in [2.45, 2.75) is 24.5 Å². The maximum Gasteiger partial charge on any atom is 2.00 e. The van der Waals surface area contributed by atoms with Gasteiger partial charge in [-0.3, -0.25) is 0 Å². The molecule has 0 atom stereocenters. The molecule has 0 bridgehead atoms. The molecule has 2 aromatic rings. The van der Waals surface area contributed by atoms with E-state index in [9.17, 15) is 0 Å². The van der Waals surface area contributed by atoms with Crippen LogP contribution in [0.15, 0.2) is 53.4 Å². The van der Waals surface area contributed by atoms with Gasteiger partial charge in [0.1, 0.15) is 0 Å². The second-order valence-corrected chi connectivity index (χ2v) is 5.06.